The molecule has 1 aromatic heterocycles. The number of thiocarbonyl (C=S) groups is 1. The summed E-state index contributed by atoms with van der Waals surface area (Å²) < 4.78 is 0. The molecule has 0 bridgehead atoms. The summed E-state index contributed by atoms with van der Waals surface area (Å²) in [5.41, 5.74) is 0. The molecular weight excluding hydrogens is 272 g/mol. The number of nitrogens with one attached hydrogen (secondary N) is 1. The maximum absolute atomic E-state index is 5.62. The van der Waals surface area contributed by atoms with E-state index in [-0.39, 0.29) is 0 Å². The fourth-order valence-corrected chi connectivity index (χ4v) is 3.65. The van der Waals surface area contributed by atoms with Crippen molar-refractivity contribution in [3.8, 4) is 0 Å². The van der Waals surface area contributed by atoms with E-state index in [9.17, 15) is 0 Å². The first-order valence-electron chi connectivity index (χ1n) is 7.38. The molecule has 1 N–H and O–H groups in total. The van der Waals surface area contributed by atoms with E-state index in [1.54, 1.807) is 0 Å². The molecule has 0 aromatic carbocycles. The fourth-order valence-electron chi connectivity index (χ4n) is 2.63. The Morgan fingerprint density at radius 2 is 2.26 bits per heavy atom. The Bertz CT molecular complexity index is 370. The summed E-state index contributed by atoms with van der Waals surface area (Å²) in [5.74, 6) is 0. The number of nitrogens with zero attached hydrogens (tertiary/aromatic N) is 1. The van der Waals surface area contributed by atoms with Crippen molar-refractivity contribution in [2.75, 3.05) is 6.54 Å². The van der Waals surface area contributed by atoms with Gasteiger partial charge in [0.1, 0.15) is 0 Å². The highest BCUT2D eigenvalue weighted by molar-refractivity contribution is 7.80. The highest BCUT2D eigenvalue weighted by Gasteiger charge is 2.24. The van der Waals surface area contributed by atoms with Crippen LogP contribution in [-0.4, -0.2) is 22.6 Å². The van der Waals surface area contributed by atoms with E-state index in [1.165, 1.54) is 43.4 Å². The van der Waals surface area contributed by atoms with Crippen LogP contribution in [0.25, 0.3) is 0 Å². The van der Waals surface area contributed by atoms with Crippen molar-refractivity contribution >= 4 is 28.7 Å². The Morgan fingerprint density at radius 3 is 2.89 bits per heavy atom. The van der Waals surface area contributed by atoms with Gasteiger partial charge >= 0.3 is 0 Å². The summed E-state index contributed by atoms with van der Waals surface area (Å²) in [5, 5.41) is 6.54. The van der Waals surface area contributed by atoms with Crippen LogP contribution in [0.2, 0.25) is 0 Å². The maximum atomic E-state index is 5.62. The highest BCUT2D eigenvalue weighted by Crippen LogP contribution is 2.26. The van der Waals surface area contributed by atoms with Crippen LogP contribution < -0.4 is 5.32 Å². The van der Waals surface area contributed by atoms with Gasteiger partial charge in [-0.1, -0.05) is 32.3 Å². The second-order valence-electron chi connectivity index (χ2n) is 5.23. The highest BCUT2D eigenvalue weighted by atomic mass is 32.1. The van der Waals surface area contributed by atoms with Gasteiger partial charge in [0, 0.05) is 17.5 Å². The standard InChI is InChI=1S/C15H24N2S2/c1-2-3-10-16-15(18)17(13-7-4-5-8-13)12-14-9-6-11-19-14/h6,9,11,13H,2-5,7-8,10,12H2,1H3,(H,16,18). The van der Waals surface area contributed by atoms with Crippen LogP contribution in [0.1, 0.15) is 50.3 Å². The average molecular weight is 297 g/mol. The molecule has 19 heavy (non-hydrogen) atoms. The molecule has 1 aliphatic carbocycles. The van der Waals surface area contributed by atoms with Crippen molar-refractivity contribution in [2.45, 2.75) is 58.0 Å². The molecule has 2 nitrogen and oxygen atoms in total. The topological polar surface area (TPSA) is 15.3 Å². The molecule has 0 radical (unpaired) electrons. The first-order valence-corrected chi connectivity index (χ1v) is 8.67. The second-order valence-corrected chi connectivity index (χ2v) is 6.65. The Hall–Kier alpha value is -0.610. The van der Waals surface area contributed by atoms with Crippen LogP contribution in [0.15, 0.2) is 17.5 Å². The normalized spacial score (nSPS) is 15.6. The van der Waals surface area contributed by atoms with Crippen LogP contribution in [0, 0.1) is 0 Å². The number of hydrogen-bond acceptors (Lipinski definition) is 2. The van der Waals surface area contributed by atoms with Crippen molar-refractivity contribution in [1.29, 1.82) is 0 Å². The van der Waals surface area contributed by atoms with E-state index >= 15 is 0 Å². The lowest BCUT2D eigenvalue weighted by atomic mass is 10.2. The Kier molecular flexibility index (Phi) is 6.11. The van der Waals surface area contributed by atoms with Crippen molar-refractivity contribution in [3.63, 3.8) is 0 Å². The average Bonchev–Trinajstić information content (AvgIpc) is 3.09. The number of hydrogen-bond donors (Lipinski definition) is 1. The van der Waals surface area contributed by atoms with Crippen LogP contribution in [0.5, 0.6) is 0 Å². The van der Waals surface area contributed by atoms with E-state index in [0.29, 0.717) is 6.04 Å². The number of unbranched alkanes of at least 4 members (excludes halogenated alkanes) is 1. The lowest BCUT2D eigenvalue weighted by molar-refractivity contribution is 0.305. The Balaban J connectivity index is 1.94. The van der Waals surface area contributed by atoms with E-state index in [4.69, 9.17) is 12.2 Å². The third-order valence-electron chi connectivity index (χ3n) is 3.74. The zero-order chi connectivity index (χ0) is 13.5. The lowest BCUT2D eigenvalue weighted by Gasteiger charge is -2.31. The van der Waals surface area contributed by atoms with Gasteiger partial charge in [-0.05, 0) is 42.9 Å². The first-order chi connectivity index (χ1) is 9.31. The van der Waals surface area contributed by atoms with Gasteiger partial charge in [-0.3, -0.25) is 0 Å². The van der Waals surface area contributed by atoms with Crippen molar-refractivity contribution in [2.24, 2.45) is 0 Å². The predicted molar refractivity (Wildman–Crippen MR) is 87.6 cm³/mol. The SMILES string of the molecule is CCCCNC(=S)N(Cc1cccs1)C1CCCC1. The molecular formula is C15H24N2S2. The van der Waals surface area contributed by atoms with Crippen LogP contribution >= 0.6 is 23.6 Å². The Labute approximate surface area is 126 Å². The minimum absolute atomic E-state index is 0.642. The van der Waals surface area contributed by atoms with Crippen molar-refractivity contribution in [1.82, 2.24) is 10.2 Å². The summed E-state index contributed by atoms with van der Waals surface area (Å²) in [4.78, 5) is 3.83. The Morgan fingerprint density at radius 1 is 1.47 bits per heavy atom. The molecule has 1 heterocycles. The van der Waals surface area contributed by atoms with Gasteiger partial charge < -0.3 is 10.2 Å². The summed E-state index contributed by atoms with van der Waals surface area (Å²) in [6, 6.07) is 4.98. The molecule has 4 heteroatoms. The molecule has 0 spiro atoms. The molecule has 2 rings (SSSR count). The van der Waals surface area contributed by atoms with Gasteiger partial charge in [0.25, 0.3) is 0 Å². The summed E-state index contributed by atoms with van der Waals surface area (Å²) in [6.07, 6.45) is 7.69. The zero-order valence-electron chi connectivity index (χ0n) is 11.7. The summed E-state index contributed by atoms with van der Waals surface area (Å²) >= 11 is 7.44. The molecule has 0 aliphatic heterocycles. The number of thiophene rings is 1. The van der Waals surface area contributed by atoms with Crippen molar-refractivity contribution in [3.05, 3.63) is 22.4 Å². The molecule has 1 aromatic rings. The quantitative estimate of drug-likeness (QED) is 0.626. The van der Waals surface area contributed by atoms with E-state index in [2.05, 4.69) is 34.7 Å². The fraction of sp³-hybridized carbons (Fsp3) is 0.667. The lowest BCUT2D eigenvalue weighted by Crippen LogP contribution is -2.44. The van der Waals surface area contributed by atoms with E-state index in [0.717, 1.165) is 18.2 Å². The van der Waals surface area contributed by atoms with Gasteiger partial charge in [-0.15, -0.1) is 11.3 Å². The maximum Gasteiger partial charge on any atom is 0.169 e. The molecule has 0 amide bonds. The van der Waals surface area contributed by atoms with E-state index < -0.39 is 0 Å². The van der Waals surface area contributed by atoms with Gasteiger partial charge in [-0.2, -0.15) is 0 Å². The number of rotatable bonds is 6. The molecule has 1 saturated carbocycles. The molecule has 0 unspecified atom stereocenters. The van der Waals surface area contributed by atoms with Crippen LogP contribution in [-0.2, 0) is 6.54 Å². The van der Waals surface area contributed by atoms with Crippen LogP contribution in [0.4, 0.5) is 0 Å². The molecule has 0 saturated heterocycles. The van der Waals surface area contributed by atoms with Crippen LogP contribution in [0.3, 0.4) is 0 Å². The van der Waals surface area contributed by atoms with Gasteiger partial charge in [0.05, 0.1) is 6.54 Å². The molecule has 1 fully saturated rings. The molecule has 0 atom stereocenters. The minimum Gasteiger partial charge on any atom is -0.363 e. The van der Waals surface area contributed by atoms with Crippen molar-refractivity contribution < 1.29 is 0 Å². The smallest absolute Gasteiger partial charge is 0.169 e. The van der Waals surface area contributed by atoms with Gasteiger partial charge in [-0.25, -0.2) is 0 Å². The summed E-state index contributed by atoms with van der Waals surface area (Å²) in [6.45, 7) is 4.19. The zero-order valence-corrected chi connectivity index (χ0v) is 13.4. The van der Waals surface area contributed by atoms with Gasteiger partial charge in [0.2, 0.25) is 0 Å². The monoisotopic (exact) mass is 296 g/mol. The second kappa shape index (κ2) is 7.85. The minimum atomic E-state index is 0.642. The predicted octanol–water partition coefficient (Wildman–Crippen LogP) is 4.17. The molecule has 106 valence electrons. The molecule has 1 aliphatic rings. The largest absolute Gasteiger partial charge is 0.363 e. The first kappa shape index (κ1) is 14.8. The third-order valence-corrected chi connectivity index (χ3v) is 4.98. The van der Waals surface area contributed by atoms with Gasteiger partial charge in [0.15, 0.2) is 5.11 Å². The summed E-state index contributed by atoms with van der Waals surface area (Å²) in [7, 11) is 0. The third kappa shape index (κ3) is 4.46. The van der Waals surface area contributed by atoms with E-state index in [1.807, 2.05) is 11.3 Å².